The summed E-state index contributed by atoms with van der Waals surface area (Å²) in [6.45, 7) is 11.9. The summed E-state index contributed by atoms with van der Waals surface area (Å²) >= 11 is 1.77. The van der Waals surface area contributed by atoms with E-state index in [9.17, 15) is 0 Å². The lowest BCUT2D eigenvalue weighted by atomic mass is 9.91. The molecule has 2 aromatic rings. The number of nitrogens with one attached hydrogen (secondary N) is 1. The number of rotatable bonds is 4. The van der Waals surface area contributed by atoms with Crippen molar-refractivity contribution in [1.29, 1.82) is 0 Å². The molecule has 0 atom stereocenters. The predicted molar refractivity (Wildman–Crippen MR) is 85.0 cm³/mol. The highest BCUT2D eigenvalue weighted by Gasteiger charge is 2.23. The van der Waals surface area contributed by atoms with Crippen LogP contribution in [0.2, 0.25) is 0 Å². The molecule has 5 heteroatoms. The topological polar surface area (TPSA) is 42.7 Å². The van der Waals surface area contributed by atoms with Crippen LogP contribution in [0.15, 0.2) is 12.4 Å². The molecule has 0 aromatic carbocycles. The lowest BCUT2D eigenvalue weighted by Crippen LogP contribution is -2.23. The predicted octanol–water partition coefficient (Wildman–Crippen LogP) is 3.34. The van der Waals surface area contributed by atoms with Gasteiger partial charge in [-0.25, -0.2) is 4.98 Å². The van der Waals surface area contributed by atoms with Crippen LogP contribution >= 0.6 is 11.3 Å². The minimum Gasteiger partial charge on any atom is -0.310 e. The Kier molecular flexibility index (Phi) is 4.30. The maximum atomic E-state index is 4.87. The molecule has 0 spiro atoms. The molecular formula is C15H24N4S. The second-order valence-electron chi connectivity index (χ2n) is 6.48. The molecule has 0 saturated heterocycles. The smallest absolute Gasteiger partial charge is 0.127 e. The van der Waals surface area contributed by atoms with Gasteiger partial charge in [0.2, 0.25) is 0 Å². The lowest BCUT2D eigenvalue weighted by molar-refractivity contribution is 0.546. The average molecular weight is 292 g/mol. The zero-order valence-electron chi connectivity index (χ0n) is 13.2. The summed E-state index contributed by atoms with van der Waals surface area (Å²) < 4.78 is 1.82. The van der Waals surface area contributed by atoms with Crippen molar-refractivity contribution in [2.75, 3.05) is 0 Å². The largest absolute Gasteiger partial charge is 0.310 e. The minimum atomic E-state index is 0.0605. The molecule has 110 valence electrons. The van der Waals surface area contributed by atoms with Gasteiger partial charge in [-0.15, -0.1) is 11.3 Å². The van der Waals surface area contributed by atoms with E-state index >= 15 is 0 Å². The molecule has 0 aliphatic rings. The van der Waals surface area contributed by atoms with Crippen molar-refractivity contribution in [3.63, 3.8) is 0 Å². The van der Waals surface area contributed by atoms with Crippen LogP contribution in [-0.4, -0.2) is 20.8 Å². The highest BCUT2D eigenvalue weighted by atomic mass is 32.1. The Hall–Kier alpha value is -1.20. The van der Waals surface area contributed by atoms with Crippen LogP contribution in [0.5, 0.6) is 0 Å². The first-order chi connectivity index (χ1) is 9.27. The van der Waals surface area contributed by atoms with Gasteiger partial charge in [0.25, 0.3) is 0 Å². The Morgan fingerprint density at radius 2 is 2.05 bits per heavy atom. The lowest BCUT2D eigenvalue weighted by Gasteiger charge is -2.18. The van der Waals surface area contributed by atoms with E-state index in [0.717, 1.165) is 17.1 Å². The minimum absolute atomic E-state index is 0.0605. The van der Waals surface area contributed by atoms with Crippen molar-refractivity contribution in [1.82, 2.24) is 20.1 Å². The fourth-order valence-corrected chi connectivity index (χ4v) is 3.21. The van der Waals surface area contributed by atoms with Gasteiger partial charge in [-0.05, 0) is 0 Å². The molecule has 0 radical (unpaired) electrons. The number of thiazole rings is 1. The van der Waals surface area contributed by atoms with Crippen molar-refractivity contribution in [2.24, 2.45) is 7.05 Å². The first-order valence-corrected chi connectivity index (χ1v) is 7.81. The van der Waals surface area contributed by atoms with Gasteiger partial charge in [0.05, 0.1) is 11.9 Å². The normalized spacial score (nSPS) is 12.3. The van der Waals surface area contributed by atoms with E-state index < -0.39 is 0 Å². The number of aromatic nitrogens is 3. The fourth-order valence-electron chi connectivity index (χ4n) is 2.01. The van der Waals surface area contributed by atoms with E-state index in [0.29, 0.717) is 6.04 Å². The van der Waals surface area contributed by atoms with Gasteiger partial charge in [0, 0.05) is 41.7 Å². The zero-order valence-corrected chi connectivity index (χ0v) is 14.0. The molecule has 0 aliphatic heterocycles. The van der Waals surface area contributed by atoms with Gasteiger partial charge in [0.1, 0.15) is 5.01 Å². The third-order valence-corrected chi connectivity index (χ3v) is 4.13. The van der Waals surface area contributed by atoms with Gasteiger partial charge in [-0.1, -0.05) is 34.6 Å². The maximum Gasteiger partial charge on any atom is 0.127 e. The monoisotopic (exact) mass is 292 g/mol. The Bertz CT molecular complexity index is 575. The van der Waals surface area contributed by atoms with Gasteiger partial charge < -0.3 is 5.32 Å². The molecular weight excluding hydrogens is 268 g/mol. The number of hydrogen-bond donors (Lipinski definition) is 1. The van der Waals surface area contributed by atoms with Crippen molar-refractivity contribution < 1.29 is 0 Å². The van der Waals surface area contributed by atoms with Crippen LogP contribution in [-0.2, 0) is 19.0 Å². The summed E-state index contributed by atoms with van der Waals surface area (Å²) in [6, 6.07) is 0.478. The molecule has 0 saturated carbocycles. The first-order valence-electron chi connectivity index (χ1n) is 7.00. The summed E-state index contributed by atoms with van der Waals surface area (Å²) in [5.41, 5.74) is 2.35. The molecule has 0 aliphatic carbocycles. The molecule has 0 amide bonds. The van der Waals surface area contributed by atoms with E-state index in [1.54, 1.807) is 11.3 Å². The second-order valence-corrected chi connectivity index (χ2v) is 7.56. The zero-order chi connectivity index (χ0) is 14.9. The van der Waals surface area contributed by atoms with Crippen LogP contribution < -0.4 is 5.32 Å². The standard InChI is InChI=1S/C15H24N4S/c1-10(2)16-8-12-13(15(3,4)5)18-14(20-12)11-7-17-19(6)9-11/h7,9-10,16H,8H2,1-6H3. The van der Waals surface area contributed by atoms with E-state index in [-0.39, 0.29) is 5.41 Å². The van der Waals surface area contributed by atoms with Crippen LogP contribution in [0.1, 0.15) is 45.2 Å². The third kappa shape index (κ3) is 3.46. The number of aryl methyl sites for hydroxylation is 1. The van der Waals surface area contributed by atoms with Gasteiger partial charge in [-0.2, -0.15) is 5.10 Å². The van der Waals surface area contributed by atoms with E-state index in [4.69, 9.17) is 4.98 Å². The van der Waals surface area contributed by atoms with Gasteiger partial charge in [-0.3, -0.25) is 4.68 Å². The quantitative estimate of drug-likeness (QED) is 0.940. The van der Waals surface area contributed by atoms with Crippen molar-refractivity contribution in [2.45, 2.75) is 52.6 Å². The molecule has 4 nitrogen and oxygen atoms in total. The van der Waals surface area contributed by atoms with Crippen molar-refractivity contribution in [3.8, 4) is 10.6 Å². The molecule has 2 aromatic heterocycles. The van der Waals surface area contributed by atoms with Crippen molar-refractivity contribution >= 4 is 11.3 Å². The average Bonchev–Trinajstić information content (AvgIpc) is 2.91. The fraction of sp³-hybridized carbons (Fsp3) is 0.600. The second kappa shape index (κ2) is 5.66. The van der Waals surface area contributed by atoms with Crippen molar-refractivity contribution in [3.05, 3.63) is 23.0 Å². The molecule has 2 rings (SSSR count). The molecule has 0 unspecified atom stereocenters. The Labute approximate surface area is 125 Å². The maximum absolute atomic E-state index is 4.87. The van der Waals surface area contributed by atoms with Crippen LogP contribution in [0.4, 0.5) is 0 Å². The summed E-state index contributed by atoms with van der Waals surface area (Å²) in [5.74, 6) is 0. The molecule has 0 bridgehead atoms. The van der Waals surface area contributed by atoms with E-state index in [1.165, 1.54) is 10.6 Å². The van der Waals surface area contributed by atoms with Crippen LogP contribution in [0, 0.1) is 0 Å². The highest BCUT2D eigenvalue weighted by Crippen LogP contribution is 2.34. The van der Waals surface area contributed by atoms with Crippen LogP contribution in [0.3, 0.4) is 0 Å². The van der Waals surface area contributed by atoms with E-state index in [2.05, 4.69) is 45.0 Å². The summed E-state index contributed by atoms with van der Waals surface area (Å²) in [6.07, 6.45) is 3.90. The molecule has 20 heavy (non-hydrogen) atoms. The summed E-state index contributed by atoms with van der Waals surface area (Å²) in [5, 5.41) is 8.79. The molecule has 2 heterocycles. The number of nitrogens with zero attached hydrogens (tertiary/aromatic N) is 3. The van der Waals surface area contributed by atoms with E-state index in [1.807, 2.05) is 24.1 Å². The Balaban J connectivity index is 2.36. The SMILES string of the molecule is CC(C)NCc1sc(-c2cnn(C)c2)nc1C(C)(C)C. The first kappa shape index (κ1) is 15.2. The Morgan fingerprint density at radius 3 is 2.55 bits per heavy atom. The van der Waals surface area contributed by atoms with Crippen LogP contribution in [0.25, 0.3) is 10.6 Å². The molecule has 0 fully saturated rings. The molecule has 1 N–H and O–H groups in total. The Morgan fingerprint density at radius 1 is 1.35 bits per heavy atom. The van der Waals surface area contributed by atoms with Gasteiger partial charge in [0.15, 0.2) is 0 Å². The highest BCUT2D eigenvalue weighted by molar-refractivity contribution is 7.15. The van der Waals surface area contributed by atoms with Gasteiger partial charge >= 0.3 is 0 Å². The number of hydrogen-bond acceptors (Lipinski definition) is 4. The summed E-state index contributed by atoms with van der Waals surface area (Å²) in [4.78, 5) is 6.19. The summed E-state index contributed by atoms with van der Waals surface area (Å²) in [7, 11) is 1.93. The third-order valence-electron chi connectivity index (χ3n) is 3.03.